The molecule has 3 nitrogen and oxygen atoms in total. The van der Waals surface area contributed by atoms with Crippen LogP contribution in [-0.2, 0) is 4.79 Å². The van der Waals surface area contributed by atoms with Crippen LogP contribution < -0.4 is 10.6 Å². The van der Waals surface area contributed by atoms with Gasteiger partial charge in [0.25, 0.3) is 0 Å². The molecular formula is C11H22N2O. The fourth-order valence-electron chi connectivity index (χ4n) is 2.07. The molecular weight excluding hydrogens is 176 g/mol. The SMILES string of the molecule is CNCC(=O)NC1CCCC(C)CC1. The molecule has 0 radical (unpaired) electrons. The van der Waals surface area contributed by atoms with Crippen LogP contribution in [0.3, 0.4) is 0 Å². The summed E-state index contributed by atoms with van der Waals surface area (Å²) in [6, 6.07) is 0.417. The molecule has 2 N–H and O–H groups in total. The van der Waals surface area contributed by atoms with Crippen molar-refractivity contribution < 1.29 is 4.79 Å². The number of nitrogens with one attached hydrogen (secondary N) is 2. The van der Waals surface area contributed by atoms with Crippen molar-refractivity contribution in [3.8, 4) is 0 Å². The van der Waals surface area contributed by atoms with E-state index in [1.165, 1.54) is 19.3 Å². The minimum atomic E-state index is 0.132. The largest absolute Gasteiger partial charge is 0.352 e. The van der Waals surface area contributed by atoms with Crippen LogP contribution in [-0.4, -0.2) is 25.5 Å². The number of rotatable bonds is 3. The highest BCUT2D eigenvalue weighted by atomic mass is 16.1. The molecule has 1 fully saturated rings. The Labute approximate surface area is 86.6 Å². The zero-order valence-electron chi connectivity index (χ0n) is 9.31. The van der Waals surface area contributed by atoms with Gasteiger partial charge in [-0.1, -0.05) is 19.8 Å². The zero-order valence-corrected chi connectivity index (χ0v) is 9.31. The maximum absolute atomic E-state index is 11.3. The highest BCUT2D eigenvalue weighted by molar-refractivity contribution is 5.78. The predicted molar refractivity (Wildman–Crippen MR) is 58.1 cm³/mol. The number of amides is 1. The Balaban J connectivity index is 2.26. The van der Waals surface area contributed by atoms with Gasteiger partial charge in [-0.05, 0) is 32.2 Å². The van der Waals surface area contributed by atoms with Crippen LogP contribution >= 0.6 is 0 Å². The molecule has 0 heterocycles. The van der Waals surface area contributed by atoms with E-state index in [4.69, 9.17) is 0 Å². The van der Waals surface area contributed by atoms with Crippen molar-refractivity contribution in [1.82, 2.24) is 10.6 Å². The maximum Gasteiger partial charge on any atom is 0.234 e. The second-order valence-electron chi connectivity index (χ2n) is 4.41. The topological polar surface area (TPSA) is 41.1 Å². The first-order chi connectivity index (χ1) is 6.72. The molecule has 1 aliphatic rings. The lowest BCUT2D eigenvalue weighted by Gasteiger charge is -2.16. The van der Waals surface area contributed by atoms with Gasteiger partial charge in [-0.3, -0.25) is 4.79 Å². The molecule has 0 saturated heterocycles. The molecule has 0 aromatic heterocycles. The van der Waals surface area contributed by atoms with Crippen molar-refractivity contribution in [3.05, 3.63) is 0 Å². The summed E-state index contributed by atoms with van der Waals surface area (Å²) < 4.78 is 0. The van der Waals surface area contributed by atoms with Gasteiger partial charge >= 0.3 is 0 Å². The second kappa shape index (κ2) is 6.02. The Morgan fingerprint density at radius 1 is 1.29 bits per heavy atom. The highest BCUT2D eigenvalue weighted by Crippen LogP contribution is 2.22. The van der Waals surface area contributed by atoms with E-state index >= 15 is 0 Å². The van der Waals surface area contributed by atoms with E-state index in [9.17, 15) is 4.79 Å². The van der Waals surface area contributed by atoms with Crippen LogP contribution in [0.1, 0.15) is 39.0 Å². The summed E-state index contributed by atoms with van der Waals surface area (Å²) in [6.07, 6.45) is 6.13. The van der Waals surface area contributed by atoms with Crippen molar-refractivity contribution in [2.45, 2.75) is 45.1 Å². The van der Waals surface area contributed by atoms with E-state index in [0.29, 0.717) is 12.6 Å². The summed E-state index contributed by atoms with van der Waals surface area (Å²) in [4.78, 5) is 11.3. The molecule has 0 bridgehead atoms. The molecule has 0 aromatic carbocycles. The molecule has 1 aliphatic carbocycles. The van der Waals surface area contributed by atoms with Crippen molar-refractivity contribution in [3.63, 3.8) is 0 Å². The molecule has 82 valence electrons. The third kappa shape index (κ3) is 4.09. The monoisotopic (exact) mass is 198 g/mol. The lowest BCUT2D eigenvalue weighted by molar-refractivity contribution is -0.120. The van der Waals surface area contributed by atoms with Gasteiger partial charge in [0.1, 0.15) is 0 Å². The van der Waals surface area contributed by atoms with Crippen LogP contribution in [0.2, 0.25) is 0 Å². The molecule has 3 heteroatoms. The van der Waals surface area contributed by atoms with Gasteiger partial charge in [-0.2, -0.15) is 0 Å². The Morgan fingerprint density at radius 2 is 2.07 bits per heavy atom. The summed E-state index contributed by atoms with van der Waals surface area (Å²) in [6.45, 7) is 2.74. The minimum absolute atomic E-state index is 0.132. The molecule has 1 amide bonds. The number of carbonyl (C=O) groups excluding carboxylic acids is 1. The van der Waals surface area contributed by atoms with Crippen LogP contribution in [0.5, 0.6) is 0 Å². The summed E-state index contributed by atoms with van der Waals surface area (Å²) in [5.74, 6) is 0.966. The van der Waals surface area contributed by atoms with Gasteiger partial charge in [0, 0.05) is 6.04 Å². The lowest BCUT2D eigenvalue weighted by Crippen LogP contribution is -2.39. The summed E-state index contributed by atoms with van der Waals surface area (Å²) in [5, 5.41) is 5.95. The van der Waals surface area contributed by atoms with Gasteiger partial charge in [0.2, 0.25) is 5.91 Å². The first-order valence-corrected chi connectivity index (χ1v) is 5.66. The Kier molecular flexibility index (Phi) is 4.94. The fraction of sp³-hybridized carbons (Fsp3) is 0.909. The zero-order chi connectivity index (χ0) is 10.4. The van der Waals surface area contributed by atoms with Gasteiger partial charge in [0.15, 0.2) is 0 Å². The molecule has 0 aromatic rings. The highest BCUT2D eigenvalue weighted by Gasteiger charge is 2.17. The van der Waals surface area contributed by atoms with Crippen LogP contribution in [0, 0.1) is 5.92 Å². The van der Waals surface area contributed by atoms with Gasteiger partial charge in [-0.25, -0.2) is 0 Å². The minimum Gasteiger partial charge on any atom is -0.352 e. The van der Waals surface area contributed by atoms with Gasteiger partial charge in [-0.15, -0.1) is 0 Å². The summed E-state index contributed by atoms with van der Waals surface area (Å²) >= 11 is 0. The smallest absolute Gasteiger partial charge is 0.234 e. The Morgan fingerprint density at radius 3 is 2.79 bits per heavy atom. The van der Waals surface area contributed by atoms with Crippen LogP contribution in [0.4, 0.5) is 0 Å². The van der Waals surface area contributed by atoms with E-state index in [1.807, 2.05) is 0 Å². The van der Waals surface area contributed by atoms with Crippen LogP contribution in [0.15, 0.2) is 0 Å². The van der Waals surface area contributed by atoms with E-state index in [2.05, 4.69) is 17.6 Å². The van der Waals surface area contributed by atoms with Crippen molar-refractivity contribution in [1.29, 1.82) is 0 Å². The first kappa shape index (κ1) is 11.5. The molecule has 0 spiro atoms. The first-order valence-electron chi connectivity index (χ1n) is 5.66. The standard InChI is InChI=1S/C11H22N2O/c1-9-4-3-5-10(7-6-9)13-11(14)8-12-2/h9-10,12H,3-8H2,1-2H3,(H,13,14). The summed E-state index contributed by atoms with van der Waals surface area (Å²) in [5.41, 5.74) is 0. The second-order valence-corrected chi connectivity index (χ2v) is 4.41. The average Bonchev–Trinajstić information content (AvgIpc) is 2.32. The number of likely N-dealkylation sites (N-methyl/N-ethyl adjacent to an activating group) is 1. The van der Waals surface area contributed by atoms with Crippen LogP contribution in [0.25, 0.3) is 0 Å². The number of carbonyl (C=O) groups is 1. The molecule has 2 unspecified atom stereocenters. The Bertz CT molecular complexity index is 182. The summed E-state index contributed by atoms with van der Waals surface area (Å²) in [7, 11) is 1.80. The maximum atomic E-state index is 11.3. The van der Waals surface area contributed by atoms with E-state index in [1.54, 1.807) is 7.05 Å². The molecule has 1 saturated carbocycles. The van der Waals surface area contributed by atoms with Crippen molar-refractivity contribution >= 4 is 5.91 Å². The van der Waals surface area contributed by atoms with E-state index in [0.717, 1.165) is 18.8 Å². The molecule has 2 atom stereocenters. The van der Waals surface area contributed by atoms with Gasteiger partial charge < -0.3 is 10.6 Å². The van der Waals surface area contributed by atoms with E-state index < -0.39 is 0 Å². The Hall–Kier alpha value is -0.570. The normalized spacial score (nSPS) is 28.1. The van der Waals surface area contributed by atoms with Crippen molar-refractivity contribution in [2.24, 2.45) is 5.92 Å². The predicted octanol–water partition coefficient (Wildman–Crippen LogP) is 1.29. The van der Waals surface area contributed by atoms with Crippen molar-refractivity contribution in [2.75, 3.05) is 13.6 Å². The average molecular weight is 198 g/mol. The third-order valence-corrected chi connectivity index (χ3v) is 2.96. The molecule has 14 heavy (non-hydrogen) atoms. The fourth-order valence-corrected chi connectivity index (χ4v) is 2.07. The third-order valence-electron chi connectivity index (χ3n) is 2.96. The number of hydrogen-bond donors (Lipinski definition) is 2. The molecule has 1 rings (SSSR count). The van der Waals surface area contributed by atoms with Gasteiger partial charge in [0.05, 0.1) is 6.54 Å². The number of hydrogen-bond acceptors (Lipinski definition) is 2. The lowest BCUT2D eigenvalue weighted by atomic mass is 10.0. The van der Waals surface area contributed by atoms with E-state index in [-0.39, 0.29) is 5.91 Å². The molecule has 0 aliphatic heterocycles. The quantitative estimate of drug-likeness (QED) is 0.671.